The fourth-order valence-electron chi connectivity index (χ4n) is 2.09. The highest BCUT2D eigenvalue weighted by Gasteiger charge is 2.25. The van der Waals surface area contributed by atoms with Crippen LogP contribution < -0.4 is 14.8 Å². The first-order valence-electron chi connectivity index (χ1n) is 5.95. The van der Waals surface area contributed by atoms with Gasteiger partial charge in [-0.15, -0.1) is 0 Å². The third-order valence-corrected chi connectivity index (χ3v) is 4.81. The first kappa shape index (κ1) is 13.7. The fraction of sp³-hybridized carbons (Fsp3) is 0.538. The molecule has 0 aromatic heterocycles. The van der Waals surface area contributed by atoms with Gasteiger partial charge in [-0.1, -0.05) is 18.5 Å². The number of nitrogens with one attached hydrogen (secondary N) is 1. The number of halogens is 1. The van der Waals surface area contributed by atoms with Crippen molar-refractivity contribution in [1.29, 1.82) is 0 Å². The van der Waals surface area contributed by atoms with E-state index in [4.69, 9.17) is 21.1 Å². The van der Waals surface area contributed by atoms with Crippen LogP contribution in [0.25, 0.3) is 0 Å². The molecule has 18 heavy (non-hydrogen) atoms. The van der Waals surface area contributed by atoms with E-state index in [9.17, 15) is 0 Å². The highest BCUT2D eigenvalue weighted by Crippen LogP contribution is 2.38. The van der Waals surface area contributed by atoms with Gasteiger partial charge in [-0.2, -0.15) is 11.8 Å². The number of thioether (sulfide) groups is 1. The Morgan fingerprint density at radius 2 is 2.00 bits per heavy atom. The summed E-state index contributed by atoms with van der Waals surface area (Å²) in [5.74, 6) is 2.62. The number of methoxy groups -OCH3 is 2. The molecule has 1 saturated heterocycles. The van der Waals surface area contributed by atoms with Gasteiger partial charge in [0.15, 0.2) is 0 Å². The predicted octanol–water partition coefficient (Wildman–Crippen LogP) is 3.66. The number of anilines is 1. The summed E-state index contributed by atoms with van der Waals surface area (Å²) in [5.41, 5.74) is 0.943. The molecule has 1 fully saturated rings. The number of rotatable bonds is 4. The summed E-state index contributed by atoms with van der Waals surface area (Å²) in [7, 11) is 3.27. The Labute approximate surface area is 117 Å². The van der Waals surface area contributed by atoms with Crippen molar-refractivity contribution < 1.29 is 9.47 Å². The zero-order chi connectivity index (χ0) is 13.1. The van der Waals surface area contributed by atoms with Crippen LogP contribution in [0.1, 0.15) is 13.3 Å². The van der Waals surface area contributed by atoms with Gasteiger partial charge in [-0.3, -0.25) is 0 Å². The Morgan fingerprint density at radius 1 is 1.28 bits per heavy atom. The van der Waals surface area contributed by atoms with Crippen molar-refractivity contribution in [1.82, 2.24) is 0 Å². The summed E-state index contributed by atoms with van der Waals surface area (Å²) in [6.45, 7) is 2.25. The van der Waals surface area contributed by atoms with Crippen LogP contribution in [0.5, 0.6) is 11.5 Å². The standard InChI is InChI=1S/C13H18ClNO2S/c1-8-10(4-5-18-8)15-11-7-12(16-2)9(14)6-13(11)17-3/h6-8,10,15H,4-5H2,1-3H3. The average Bonchev–Trinajstić information content (AvgIpc) is 2.76. The monoisotopic (exact) mass is 287 g/mol. The molecule has 0 aliphatic carbocycles. The lowest BCUT2D eigenvalue weighted by molar-refractivity contribution is 0.404. The van der Waals surface area contributed by atoms with E-state index in [0.717, 1.165) is 11.4 Å². The second-order valence-electron chi connectivity index (χ2n) is 4.30. The van der Waals surface area contributed by atoms with Crippen LogP contribution in [-0.4, -0.2) is 31.3 Å². The lowest BCUT2D eigenvalue weighted by atomic mass is 10.1. The summed E-state index contributed by atoms with van der Waals surface area (Å²) >= 11 is 8.08. The summed E-state index contributed by atoms with van der Waals surface area (Å²) in [6, 6.07) is 4.15. The molecule has 1 aromatic carbocycles. The molecule has 2 unspecified atom stereocenters. The van der Waals surface area contributed by atoms with Crippen LogP contribution in [-0.2, 0) is 0 Å². The van der Waals surface area contributed by atoms with Crippen molar-refractivity contribution in [2.45, 2.75) is 24.6 Å². The van der Waals surface area contributed by atoms with Crippen molar-refractivity contribution in [2.24, 2.45) is 0 Å². The second-order valence-corrected chi connectivity index (χ2v) is 6.19. The van der Waals surface area contributed by atoms with E-state index in [1.54, 1.807) is 20.3 Å². The molecule has 0 amide bonds. The Morgan fingerprint density at radius 3 is 2.56 bits per heavy atom. The molecule has 2 rings (SSSR count). The SMILES string of the molecule is COc1cc(NC2CCSC2C)c(OC)cc1Cl. The smallest absolute Gasteiger partial charge is 0.143 e. The van der Waals surface area contributed by atoms with Gasteiger partial charge in [0, 0.05) is 23.4 Å². The second kappa shape index (κ2) is 5.93. The molecule has 0 spiro atoms. The third kappa shape index (κ3) is 2.81. The van der Waals surface area contributed by atoms with Crippen LogP contribution in [0, 0.1) is 0 Å². The lowest BCUT2D eigenvalue weighted by Gasteiger charge is -2.20. The van der Waals surface area contributed by atoms with E-state index in [0.29, 0.717) is 22.1 Å². The summed E-state index contributed by atoms with van der Waals surface area (Å²) < 4.78 is 10.6. The zero-order valence-electron chi connectivity index (χ0n) is 10.8. The normalized spacial score (nSPS) is 22.9. The highest BCUT2D eigenvalue weighted by molar-refractivity contribution is 8.00. The van der Waals surface area contributed by atoms with Gasteiger partial charge in [-0.25, -0.2) is 0 Å². The molecule has 5 heteroatoms. The molecule has 1 aliphatic rings. The maximum atomic E-state index is 6.09. The van der Waals surface area contributed by atoms with Gasteiger partial charge in [0.2, 0.25) is 0 Å². The molecule has 1 heterocycles. The van der Waals surface area contributed by atoms with E-state index in [1.807, 2.05) is 17.8 Å². The minimum Gasteiger partial charge on any atom is -0.495 e. The minimum atomic E-state index is 0.467. The van der Waals surface area contributed by atoms with Crippen molar-refractivity contribution >= 4 is 29.1 Å². The lowest BCUT2D eigenvalue weighted by Crippen LogP contribution is -2.24. The number of hydrogen-bond acceptors (Lipinski definition) is 4. The summed E-state index contributed by atoms with van der Waals surface area (Å²) in [6.07, 6.45) is 1.17. The minimum absolute atomic E-state index is 0.467. The third-order valence-electron chi connectivity index (χ3n) is 3.19. The van der Waals surface area contributed by atoms with Crippen LogP contribution in [0.3, 0.4) is 0 Å². The van der Waals surface area contributed by atoms with E-state index in [2.05, 4.69) is 12.2 Å². The predicted molar refractivity (Wildman–Crippen MR) is 78.5 cm³/mol. The first-order valence-corrected chi connectivity index (χ1v) is 7.38. The van der Waals surface area contributed by atoms with Crippen LogP contribution in [0.15, 0.2) is 12.1 Å². The van der Waals surface area contributed by atoms with Gasteiger partial charge in [-0.05, 0) is 12.2 Å². The van der Waals surface area contributed by atoms with Crippen LogP contribution in [0.4, 0.5) is 5.69 Å². The first-order chi connectivity index (χ1) is 8.65. The number of hydrogen-bond donors (Lipinski definition) is 1. The van der Waals surface area contributed by atoms with E-state index >= 15 is 0 Å². The Kier molecular flexibility index (Phi) is 4.51. The maximum absolute atomic E-state index is 6.09. The molecule has 3 nitrogen and oxygen atoms in total. The quantitative estimate of drug-likeness (QED) is 0.915. The van der Waals surface area contributed by atoms with Gasteiger partial charge in [0.25, 0.3) is 0 Å². The van der Waals surface area contributed by atoms with Crippen LogP contribution in [0.2, 0.25) is 5.02 Å². The largest absolute Gasteiger partial charge is 0.495 e. The molecule has 1 N–H and O–H groups in total. The van der Waals surface area contributed by atoms with E-state index in [-0.39, 0.29) is 0 Å². The molecule has 0 saturated carbocycles. The topological polar surface area (TPSA) is 30.5 Å². The molecule has 1 aromatic rings. The van der Waals surface area contributed by atoms with Gasteiger partial charge >= 0.3 is 0 Å². The molecule has 0 radical (unpaired) electrons. The van der Waals surface area contributed by atoms with Crippen molar-refractivity contribution in [3.05, 3.63) is 17.2 Å². The van der Waals surface area contributed by atoms with Crippen molar-refractivity contribution in [3.8, 4) is 11.5 Å². The summed E-state index contributed by atoms with van der Waals surface area (Å²) in [4.78, 5) is 0. The Hall–Kier alpha value is -0.740. The van der Waals surface area contributed by atoms with E-state index < -0.39 is 0 Å². The maximum Gasteiger partial charge on any atom is 0.143 e. The van der Waals surface area contributed by atoms with Crippen molar-refractivity contribution in [2.75, 3.05) is 25.3 Å². The van der Waals surface area contributed by atoms with Crippen LogP contribution >= 0.6 is 23.4 Å². The molecule has 1 aliphatic heterocycles. The van der Waals surface area contributed by atoms with Gasteiger partial charge < -0.3 is 14.8 Å². The molecule has 0 bridgehead atoms. The van der Waals surface area contributed by atoms with Gasteiger partial charge in [0.1, 0.15) is 11.5 Å². The number of ether oxygens (including phenoxy) is 2. The molecule has 100 valence electrons. The molecular weight excluding hydrogens is 270 g/mol. The Balaban J connectivity index is 2.24. The fourth-order valence-corrected chi connectivity index (χ4v) is 3.52. The van der Waals surface area contributed by atoms with Gasteiger partial charge in [0.05, 0.1) is 24.9 Å². The molecular formula is C13H18ClNO2S. The zero-order valence-corrected chi connectivity index (χ0v) is 12.4. The summed E-state index contributed by atoms with van der Waals surface area (Å²) in [5, 5.41) is 4.70. The van der Waals surface area contributed by atoms with E-state index in [1.165, 1.54) is 12.2 Å². The number of benzene rings is 1. The molecule has 2 atom stereocenters. The average molecular weight is 288 g/mol. The van der Waals surface area contributed by atoms with Crippen molar-refractivity contribution in [3.63, 3.8) is 0 Å². The Bertz CT molecular complexity index is 428. The highest BCUT2D eigenvalue weighted by atomic mass is 35.5.